The molecule has 208 valence electrons. The maximum Gasteiger partial charge on any atom is 0.412 e. The zero-order valence-corrected chi connectivity index (χ0v) is 24.0. The van der Waals surface area contributed by atoms with E-state index in [1.54, 1.807) is 12.1 Å². The Hall–Kier alpha value is -2.49. The SMILES string of the molecule is CCC(CC)CC(Cl)(Cl)OC(=O)[C@H](CC(C)C)N/N=[P+](\[O-])Oc1ccc(Oc2ccc([N+](=O)[O-])cc2)cc1. The van der Waals surface area contributed by atoms with Gasteiger partial charge in [-0.25, -0.2) is 0 Å². The van der Waals surface area contributed by atoms with Crippen LogP contribution in [0.15, 0.2) is 53.4 Å². The number of carbonyl (C=O) groups excluding carboxylic acids is 1. The lowest BCUT2D eigenvalue weighted by molar-refractivity contribution is -0.384. The zero-order chi connectivity index (χ0) is 28.3. The van der Waals surface area contributed by atoms with E-state index in [4.69, 9.17) is 37.2 Å². The lowest BCUT2D eigenvalue weighted by Gasteiger charge is -2.26. The summed E-state index contributed by atoms with van der Waals surface area (Å²) in [4.78, 5) is 39.2. The summed E-state index contributed by atoms with van der Waals surface area (Å²) in [5.74, 6) is 0.700. The van der Waals surface area contributed by atoms with E-state index in [0.717, 1.165) is 12.8 Å². The Morgan fingerprint density at radius 1 is 1.05 bits per heavy atom. The molecule has 0 spiro atoms. The molecule has 2 atom stereocenters. The molecule has 0 saturated heterocycles. The molecule has 0 radical (unpaired) electrons. The Bertz CT molecular complexity index is 1080. The summed E-state index contributed by atoms with van der Waals surface area (Å²) in [5, 5.41) is 10.8. The van der Waals surface area contributed by atoms with Gasteiger partial charge in [0.2, 0.25) is 0 Å². The van der Waals surface area contributed by atoms with Crippen LogP contribution in [0.4, 0.5) is 5.69 Å². The summed E-state index contributed by atoms with van der Waals surface area (Å²) in [5.41, 5.74) is 2.54. The second-order valence-corrected chi connectivity index (χ2v) is 11.3. The molecular weight excluding hydrogens is 556 g/mol. The van der Waals surface area contributed by atoms with Gasteiger partial charge in [0.1, 0.15) is 17.5 Å². The summed E-state index contributed by atoms with van der Waals surface area (Å²) in [6.45, 7) is 7.85. The number of carbonyl (C=O) groups is 1. The molecular formula is C25H32Cl2N3O7P. The number of nitro benzene ring substituents is 1. The normalized spacial score (nSPS) is 12.9. The Kier molecular flexibility index (Phi) is 12.7. The van der Waals surface area contributed by atoms with E-state index in [-0.39, 0.29) is 23.3 Å². The lowest BCUT2D eigenvalue weighted by Crippen LogP contribution is -2.40. The largest absolute Gasteiger partial charge is 0.574 e. The van der Waals surface area contributed by atoms with Gasteiger partial charge in [-0.05, 0) is 54.7 Å². The first kappa shape index (κ1) is 31.7. The van der Waals surface area contributed by atoms with Crippen molar-refractivity contribution in [3.05, 3.63) is 58.6 Å². The van der Waals surface area contributed by atoms with Crippen molar-refractivity contribution in [3.8, 4) is 17.2 Å². The van der Waals surface area contributed by atoms with Crippen molar-refractivity contribution in [2.45, 2.75) is 63.9 Å². The number of alkyl halides is 2. The minimum atomic E-state index is -2.57. The highest BCUT2D eigenvalue weighted by atomic mass is 35.5. The van der Waals surface area contributed by atoms with Crippen LogP contribution in [0.25, 0.3) is 0 Å². The van der Waals surface area contributed by atoms with Gasteiger partial charge in [0.25, 0.3) is 10.2 Å². The number of benzene rings is 2. The van der Waals surface area contributed by atoms with E-state index in [9.17, 15) is 19.8 Å². The van der Waals surface area contributed by atoms with Crippen LogP contribution in [0.1, 0.15) is 53.4 Å². The molecule has 0 aliphatic carbocycles. The number of non-ortho nitro benzene ring substituents is 1. The molecule has 1 N–H and O–H groups in total. The number of nitrogens with zero attached hydrogens (tertiary/aromatic N) is 2. The molecule has 0 saturated carbocycles. The fraction of sp³-hybridized carbons (Fsp3) is 0.480. The summed E-state index contributed by atoms with van der Waals surface area (Å²) in [6.07, 6.45) is 2.33. The molecule has 0 aliphatic rings. The molecule has 1 unspecified atom stereocenters. The average molecular weight is 588 g/mol. The number of rotatable bonds is 15. The molecule has 0 heterocycles. The van der Waals surface area contributed by atoms with E-state index >= 15 is 0 Å². The van der Waals surface area contributed by atoms with Gasteiger partial charge in [-0.2, -0.15) is 5.43 Å². The van der Waals surface area contributed by atoms with Crippen molar-refractivity contribution in [2.24, 2.45) is 16.7 Å². The van der Waals surface area contributed by atoms with Crippen LogP contribution < -0.4 is 19.6 Å². The van der Waals surface area contributed by atoms with E-state index in [0.29, 0.717) is 24.3 Å². The first-order valence-corrected chi connectivity index (χ1v) is 14.1. The van der Waals surface area contributed by atoms with E-state index < -0.39 is 29.6 Å². The van der Waals surface area contributed by atoms with Crippen molar-refractivity contribution in [2.75, 3.05) is 0 Å². The second-order valence-electron chi connectivity index (χ2n) is 9.01. The standard InChI is InChI=1S/C25H32Cl2N3O7P/c1-5-18(6-2)16-25(26,27)36-24(31)23(15-17(3)4)28-29-38(34)37-22-13-11-21(12-14-22)35-20-9-7-19(8-10-20)30(32)33/h7-14,17-18,23,28H,5-6,15-16H2,1-4H3/t23-/m0/s1. The third-order valence-corrected chi connectivity index (χ3v) is 6.62. The topological polar surface area (TPSA) is 135 Å². The number of halogens is 2. The van der Waals surface area contributed by atoms with Gasteiger partial charge in [0.05, 0.1) is 4.92 Å². The fourth-order valence-electron chi connectivity index (χ4n) is 3.41. The Balaban J connectivity index is 1.98. The zero-order valence-electron chi connectivity index (χ0n) is 21.6. The maximum absolute atomic E-state index is 12.8. The minimum absolute atomic E-state index is 0.0441. The number of nitrogens with one attached hydrogen (secondary N) is 1. The molecule has 0 fully saturated rings. The molecule has 0 aliphatic heterocycles. The highest BCUT2D eigenvalue weighted by Gasteiger charge is 2.35. The number of esters is 1. The summed E-state index contributed by atoms with van der Waals surface area (Å²) in [7, 11) is -2.57. The molecule has 38 heavy (non-hydrogen) atoms. The molecule has 2 rings (SSSR count). The van der Waals surface area contributed by atoms with E-state index in [1.807, 2.05) is 27.7 Å². The van der Waals surface area contributed by atoms with Crippen LogP contribution in [0, 0.1) is 22.0 Å². The average Bonchev–Trinajstić information content (AvgIpc) is 2.86. The van der Waals surface area contributed by atoms with Gasteiger partial charge in [0, 0.05) is 23.4 Å². The first-order chi connectivity index (χ1) is 17.9. The minimum Gasteiger partial charge on any atom is -0.574 e. The van der Waals surface area contributed by atoms with Crippen LogP contribution in [-0.4, -0.2) is 21.5 Å². The third kappa shape index (κ3) is 11.1. The van der Waals surface area contributed by atoms with Gasteiger partial charge in [-0.3, -0.25) is 19.4 Å². The molecule has 0 bridgehead atoms. The Labute approximate surface area is 233 Å². The lowest BCUT2D eigenvalue weighted by atomic mass is 10.00. The van der Waals surface area contributed by atoms with Gasteiger partial charge in [-0.15, -0.1) is 0 Å². The summed E-state index contributed by atoms with van der Waals surface area (Å²) in [6, 6.07) is 10.9. The second kappa shape index (κ2) is 15.2. The quantitative estimate of drug-likeness (QED) is 0.0769. The highest BCUT2D eigenvalue weighted by Crippen LogP contribution is 2.34. The van der Waals surface area contributed by atoms with Crippen molar-refractivity contribution < 1.29 is 28.6 Å². The fourth-order valence-corrected chi connectivity index (χ4v) is 4.58. The molecule has 13 heteroatoms. The number of nitro groups is 1. The smallest absolute Gasteiger partial charge is 0.412 e. The van der Waals surface area contributed by atoms with Crippen LogP contribution in [-0.2, 0) is 9.53 Å². The van der Waals surface area contributed by atoms with E-state index in [1.165, 1.54) is 36.4 Å². The van der Waals surface area contributed by atoms with Crippen LogP contribution in [0.3, 0.4) is 0 Å². The van der Waals surface area contributed by atoms with Crippen molar-refractivity contribution in [1.29, 1.82) is 0 Å². The van der Waals surface area contributed by atoms with Crippen molar-refractivity contribution in [3.63, 3.8) is 0 Å². The van der Waals surface area contributed by atoms with Crippen molar-refractivity contribution in [1.82, 2.24) is 5.43 Å². The number of hydrogen-bond acceptors (Lipinski definition) is 8. The molecule has 0 amide bonds. The summed E-state index contributed by atoms with van der Waals surface area (Å²) >= 11 is 12.5. The van der Waals surface area contributed by atoms with Crippen LogP contribution in [0.2, 0.25) is 0 Å². The Morgan fingerprint density at radius 3 is 2.08 bits per heavy atom. The van der Waals surface area contributed by atoms with Crippen molar-refractivity contribution >= 4 is 43.0 Å². The number of hydrogen-bond donors (Lipinski definition) is 1. The molecule has 2 aromatic carbocycles. The van der Waals surface area contributed by atoms with Crippen LogP contribution in [0.5, 0.6) is 17.2 Å². The molecule has 2 aromatic rings. The number of ether oxygens (including phenoxy) is 2. The summed E-state index contributed by atoms with van der Waals surface area (Å²) < 4.78 is 14.6. The molecule has 0 aromatic heterocycles. The third-order valence-electron chi connectivity index (χ3n) is 5.51. The van der Waals surface area contributed by atoms with Gasteiger partial charge in [0.15, 0.2) is 5.75 Å². The first-order valence-electron chi connectivity index (χ1n) is 12.2. The Morgan fingerprint density at radius 2 is 1.58 bits per heavy atom. The van der Waals surface area contributed by atoms with Crippen LogP contribution >= 0.6 is 31.4 Å². The monoisotopic (exact) mass is 587 g/mol. The maximum atomic E-state index is 12.8. The van der Waals surface area contributed by atoms with Gasteiger partial charge >= 0.3 is 14.1 Å². The predicted octanol–water partition coefficient (Wildman–Crippen LogP) is 7.04. The highest BCUT2D eigenvalue weighted by molar-refractivity contribution is 7.33. The van der Waals surface area contributed by atoms with Gasteiger partial charge in [-0.1, -0.05) is 63.7 Å². The van der Waals surface area contributed by atoms with Gasteiger partial charge < -0.3 is 14.4 Å². The molecule has 10 nitrogen and oxygen atoms in total. The van der Waals surface area contributed by atoms with E-state index in [2.05, 4.69) is 10.3 Å². The predicted molar refractivity (Wildman–Crippen MR) is 145 cm³/mol.